The average Bonchev–Trinajstić information content (AvgIpc) is 2.56. The van der Waals surface area contributed by atoms with E-state index in [4.69, 9.17) is 5.11 Å². The van der Waals surface area contributed by atoms with Crippen LogP contribution in [0.3, 0.4) is 0 Å². The van der Waals surface area contributed by atoms with Gasteiger partial charge in [-0.25, -0.2) is 4.79 Å². The molecule has 0 rings (SSSR count). The van der Waals surface area contributed by atoms with E-state index in [-0.39, 0.29) is 6.42 Å². The van der Waals surface area contributed by atoms with Crippen molar-refractivity contribution in [1.29, 1.82) is 0 Å². The molecule has 4 heteroatoms. The van der Waals surface area contributed by atoms with E-state index >= 15 is 0 Å². The maximum Gasteiger partial charge on any atom is 0.328 e. The van der Waals surface area contributed by atoms with Crippen molar-refractivity contribution in [3.05, 3.63) is 36.0 Å². The van der Waals surface area contributed by atoms with Gasteiger partial charge in [-0.15, -0.1) is 0 Å². The largest absolute Gasteiger partial charge is 0.478 e. The maximum atomic E-state index is 10.9. The zero-order valence-electron chi connectivity index (χ0n) is 16.5. The molecule has 0 heterocycles. The maximum absolute atomic E-state index is 10.9. The lowest BCUT2D eigenvalue weighted by molar-refractivity contribution is -0.131. The predicted octanol–water partition coefficient (Wildman–Crippen LogP) is 4.63. The summed E-state index contributed by atoms with van der Waals surface area (Å²) < 4.78 is 0. The van der Waals surface area contributed by atoms with Gasteiger partial charge in [0.15, 0.2) is 0 Å². The normalized spacial score (nSPS) is 19.1. The van der Waals surface area contributed by atoms with E-state index in [2.05, 4.69) is 26.0 Å². The summed E-state index contributed by atoms with van der Waals surface area (Å²) in [5, 5.41) is 30.4. The van der Waals surface area contributed by atoms with Crippen molar-refractivity contribution < 1.29 is 20.1 Å². The summed E-state index contributed by atoms with van der Waals surface area (Å²) in [7, 11) is 0. The Hall–Kier alpha value is -1.39. The SMILES string of the molecule is CC/C=C/[C@H](CC)C/C(C)=C/[C@@](O)(CC)C[C@@](O)(/C=C/C(=O)O)CC. The predicted molar refractivity (Wildman–Crippen MR) is 103 cm³/mol. The number of allylic oxidation sites excluding steroid dienone is 3. The molecule has 3 N–H and O–H groups in total. The molecule has 4 nitrogen and oxygen atoms in total. The number of aliphatic carboxylic acids is 1. The molecule has 0 bridgehead atoms. The van der Waals surface area contributed by atoms with E-state index in [1.54, 1.807) is 6.92 Å². The Morgan fingerprint density at radius 1 is 1.08 bits per heavy atom. The first-order chi connectivity index (χ1) is 11.6. The van der Waals surface area contributed by atoms with Crippen molar-refractivity contribution in [3.8, 4) is 0 Å². The van der Waals surface area contributed by atoms with Crippen LogP contribution in [0.1, 0.15) is 73.1 Å². The molecule has 0 aliphatic heterocycles. The molecule has 0 fully saturated rings. The number of hydrogen-bond donors (Lipinski definition) is 3. The Labute approximate surface area is 153 Å². The van der Waals surface area contributed by atoms with Crippen LogP contribution >= 0.6 is 0 Å². The molecule has 0 aromatic rings. The molecule has 0 aromatic carbocycles. The van der Waals surface area contributed by atoms with Gasteiger partial charge in [0.2, 0.25) is 0 Å². The van der Waals surface area contributed by atoms with E-state index in [9.17, 15) is 15.0 Å². The van der Waals surface area contributed by atoms with Gasteiger partial charge in [-0.2, -0.15) is 0 Å². The van der Waals surface area contributed by atoms with Gasteiger partial charge >= 0.3 is 5.97 Å². The van der Waals surface area contributed by atoms with Crippen LogP contribution in [0.25, 0.3) is 0 Å². The van der Waals surface area contributed by atoms with E-state index in [1.807, 2.05) is 19.9 Å². The monoisotopic (exact) mass is 352 g/mol. The third-order valence-corrected chi connectivity index (χ3v) is 4.64. The van der Waals surface area contributed by atoms with Gasteiger partial charge in [0.25, 0.3) is 0 Å². The van der Waals surface area contributed by atoms with E-state index in [0.717, 1.165) is 30.9 Å². The zero-order chi connectivity index (χ0) is 19.5. The van der Waals surface area contributed by atoms with Crippen LogP contribution in [0, 0.1) is 5.92 Å². The molecule has 0 aliphatic carbocycles. The highest BCUT2D eigenvalue weighted by atomic mass is 16.4. The minimum atomic E-state index is -1.34. The zero-order valence-corrected chi connectivity index (χ0v) is 16.5. The Kier molecular flexibility index (Phi) is 10.6. The van der Waals surface area contributed by atoms with Gasteiger partial charge in [0, 0.05) is 12.5 Å². The first kappa shape index (κ1) is 23.6. The summed E-state index contributed by atoms with van der Waals surface area (Å²) in [5.41, 5.74) is -1.42. The van der Waals surface area contributed by atoms with E-state index in [0.29, 0.717) is 18.8 Å². The number of carboxylic acids is 1. The molecule has 0 aliphatic rings. The third-order valence-electron chi connectivity index (χ3n) is 4.64. The second-order valence-electron chi connectivity index (χ2n) is 6.96. The molecular weight excluding hydrogens is 316 g/mol. The number of rotatable bonds is 12. The van der Waals surface area contributed by atoms with Gasteiger partial charge in [-0.05, 0) is 51.0 Å². The molecule has 0 aromatic heterocycles. The minimum absolute atomic E-state index is 0.0791. The number of aliphatic hydroxyl groups is 2. The highest BCUT2D eigenvalue weighted by Gasteiger charge is 2.34. The van der Waals surface area contributed by atoms with Crippen LogP contribution in [0.4, 0.5) is 0 Å². The summed E-state index contributed by atoms with van der Waals surface area (Å²) in [5.74, 6) is -0.665. The van der Waals surface area contributed by atoms with Gasteiger partial charge in [-0.1, -0.05) is 51.5 Å². The van der Waals surface area contributed by atoms with Crippen LogP contribution in [-0.4, -0.2) is 32.5 Å². The van der Waals surface area contributed by atoms with Crippen molar-refractivity contribution >= 4 is 5.97 Å². The first-order valence-corrected chi connectivity index (χ1v) is 9.35. The van der Waals surface area contributed by atoms with E-state index in [1.165, 1.54) is 6.08 Å². The van der Waals surface area contributed by atoms with Crippen LogP contribution < -0.4 is 0 Å². The Bertz CT molecular complexity index is 492. The van der Waals surface area contributed by atoms with Gasteiger partial charge in [0.05, 0.1) is 11.2 Å². The van der Waals surface area contributed by atoms with Crippen molar-refractivity contribution in [2.24, 2.45) is 5.92 Å². The molecule has 3 atom stereocenters. The molecule has 0 amide bonds. The van der Waals surface area contributed by atoms with Crippen molar-refractivity contribution in [3.63, 3.8) is 0 Å². The molecular formula is C21H36O4. The van der Waals surface area contributed by atoms with Gasteiger partial charge in [-0.3, -0.25) is 0 Å². The molecule has 0 saturated carbocycles. The quantitative estimate of drug-likeness (QED) is 0.353. The Balaban J connectivity index is 5.29. The Morgan fingerprint density at radius 2 is 1.68 bits per heavy atom. The topological polar surface area (TPSA) is 77.8 Å². The lowest BCUT2D eigenvalue weighted by Crippen LogP contribution is -2.38. The van der Waals surface area contributed by atoms with Crippen molar-refractivity contribution in [2.45, 2.75) is 84.3 Å². The van der Waals surface area contributed by atoms with Gasteiger partial charge < -0.3 is 15.3 Å². The lowest BCUT2D eigenvalue weighted by Gasteiger charge is -2.33. The number of carboxylic acid groups (broad SMARTS) is 1. The average molecular weight is 353 g/mol. The smallest absolute Gasteiger partial charge is 0.328 e. The standard InChI is InChI=1S/C21H36O4/c1-6-10-11-18(7-2)14-17(5)15-21(25,9-4)16-20(24,8-3)13-12-19(22)23/h10-13,15,18,24-25H,6-9,14,16H2,1-5H3,(H,22,23)/b11-10+,13-12+,17-15+/t18-,20-,21-/m0/s1. The molecule has 144 valence electrons. The fourth-order valence-corrected chi connectivity index (χ4v) is 2.94. The number of hydrogen-bond acceptors (Lipinski definition) is 3. The van der Waals surface area contributed by atoms with Gasteiger partial charge in [0.1, 0.15) is 0 Å². The molecule has 0 saturated heterocycles. The van der Waals surface area contributed by atoms with Crippen molar-refractivity contribution in [1.82, 2.24) is 0 Å². The number of carbonyl (C=O) groups is 1. The van der Waals surface area contributed by atoms with Crippen LogP contribution in [0.5, 0.6) is 0 Å². The second-order valence-corrected chi connectivity index (χ2v) is 6.96. The van der Waals surface area contributed by atoms with Crippen LogP contribution in [0.2, 0.25) is 0 Å². The highest BCUT2D eigenvalue weighted by molar-refractivity contribution is 5.79. The van der Waals surface area contributed by atoms with Crippen molar-refractivity contribution in [2.75, 3.05) is 0 Å². The first-order valence-electron chi connectivity index (χ1n) is 9.35. The second kappa shape index (κ2) is 11.3. The molecule has 0 spiro atoms. The summed E-state index contributed by atoms with van der Waals surface area (Å²) >= 11 is 0. The lowest BCUT2D eigenvalue weighted by atomic mass is 9.81. The fraction of sp³-hybridized carbons (Fsp3) is 0.667. The summed E-state index contributed by atoms with van der Waals surface area (Å²) in [6, 6.07) is 0. The third kappa shape index (κ3) is 9.61. The molecule has 25 heavy (non-hydrogen) atoms. The molecule has 0 radical (unpaired) electrons. The summed E-state index contributed by atoms with van der Waals surface area (Å²) in [6.45, 7) is 9.91. The highest BCUT2D eigenvalue weighted by Crippen LogP contribution is 2.31. The van der Waals surface area contributed by atoms with Crippen LogP contribution in [0.15, 0.2) is 36.0 Å². The minimum Gasteiger partial charge on any atom is -0.478 e. The summed E-state index contributed by atoms with van der Waals surface area (Å²) in [4.78, 5) is 10.7. The summed E-state index contributed by atoms with van der Waals surface area (Å²) in [6.07, 6.45) is 12.2. The van der Waals surface area contributed by atoms with Crippen LogP contribution in [-0.2, 0) is 4.79 Å². The fourth-order valence-electron chi connectivity index (χ4n) is 2.94. The Morgan fingerprint density at radius 3 is 2.12 bits per heavy atom. The van der Waals surface area contributed by atoms with E-state index < -0.39 is 17.2 Å². The molecule has 0 unspecified atom stereocenters.